The molecule has 2 amide bonds. The van der Waals surface area contributed by atoms with Gasteiger partial charge in [-0.05, 0) is 60.0 Å². The van der Waals surface area contributed by atoms with Crippen LogP contribution in [0.2, 0.25) is 0 Å². The number of hydrogen-bond donors (Lipinski definition) is 5. The molecule has 0 fully saturated rings. The van der Waals surface area contributed by atoms with E-state index in [1.54, 1.807) is 23.1 Å². The zero-order valence-electron chi connectivity index (χ0n) is 30.7. The Balaban J connectivity index is 1.05. The highest BCUT2D eigenvalue weighted by molar-refractivity contribution is 6.15. The van der Waals surface area contributed by atoms with Crippen molar-refractivity contribution in [3.05, 3.63) is 124 Å². The van der Waals surface area contributed by atoms with E-state index in [1.807, 2.05) is 48.5 Å². The molecule has 0 saturated heterocycles. The topological polar surface area (TPSA) is 189 Å². The minimum absolute atomic E-state index is 0.0431. The first-order valence-electron chi connectivity index (χ1n) is 17.9. The second-order valence-electron chi connectivity index (χ2n) is 13.6. The predicted molar refractivity (Wildman–Crippen MR) is 209 cm³/mol. The maximum Gasteiger partial charge on any atom is 0.351 e. The fourth-order valence-electron chi connectivity index (χ4n) is 7.45. The SMILES string of the molecule is CNc1cc(OC(O)c2cc(N)cc(C(O)(O)Oc3cc4c(cc3OC)C(=O)N3c5ccccc5CC3C=N4)c2)c(OC)cc1C(=O)N1CCc2ccccc21. The molecule has 5 aromatic rings. The Kier molecular flexibility index (Phi) is 9.24. The Morgan fingerprint density at radius 3 is 2.38 bits per heavy atom. The van der Waals surface area contributed by atoms with Gasteiger partial charge in [-0.1, -0.05) is 36.4 Å². The van der Waals surface area contributed by atoms with Gasteiger partial charge in [0.2, 0.25) is 6.29 Å². The maximum atomic E-state index is 13.8. The largest absolute Gasteiger partial charge is 0.493 e. The number of aliphatic imine (C=N–C) groups is 1. The molecule has 0 radical (unpaired) electrons. The molecule has 0 spiro atoms. The van der Waals surface area contributed by atoms with Gasteiger partial charge in [-0.15, -0.1) is 0 Å². The lowest BCUT2D eigenvalue weighted by molar-refractivity contribution is -0.304. The molecule has 8 rings (SSSR count). The first-order chi connectivity index (χ1) is 27.0. The van der Waals surface area contributed by atoms with Gasteiger partial charge >= 0.3 is 5.97 Å². The van der Waals surface area contributed by atoms with Crippen molar-refractivity contribution < 1.29 is 43.9 Å². The van der Waals surface area contributed by atoms with E-state index in [-0.39, 0.29) is 68.9 Å². The molecule has 5 aromatic carbocycles. The Bertz CT molecular complexity index is 2410. The number of rotatable bonds is 10. The summed E-state index contributed by atoms with van der Waals surface area (Å²) in [5.41, 5.74) is 11.0. The molecule has 3 aliphatic heterocycles. The molecule has 2 atom stereocenters. The highest BCUT2D eigenvalue weighted by Gasteiger charge is 2.38. The lowest BCUT2D eigenvalue weighted by Gasteiger charge is -2.26. The molecule has 0 aliphatic carbocycles. The van der Waals surface area contributed by atoms with Crippen molar-refractivity contribution in [2.75, 3.05) is 48.7 Å². The smallest absolute Gasteiger partial charge is 0.351 e. The number of aliphatic hydroxyl groups excluding tert-OH is 1. The van der Waals surface area contributed by atoms with Gasteiger partial charge in [0, 0.05) is 61.0 Å². The minimum atomic E-state index is -3.02. The van der Waals surface area contributed by atoms with Gasteiger partial charge in [0.1, 0.15) is 0 Å². The molecule has 3 heterocycles. The van der Waals surface area contributed by atoms with E-state index in [0.29, 0.717) is 24.2 Å². The summed E-state index contributed by atoms with van der Waals surface area (Å²) in [6.45, 7) is 0.529. The third kappa shape index (κ3) is 6.38. The number of nitrogens with two attached hydrogens (primary N) is 1. The Morgan fingerprint density at radius 1 is 0.911 bits per heavy atom. The molecule has 6 N–H and O–H groups in total. The van der Waals surface area contributed by atoms with Crippen LogP contribution in [0.3, 0.4) is 0 Å². The number of para-hydroxylation sites is 2. The Hall–Kier alpha value is -6.61. The molecule has 3 aliphatic rings. The van der Waals surface area contributed by atoms with Crippen molar-refractivity contribution in [2.45, 2.75) is 31.1 Å². The van der Waals surface area contributed by atoms with Crippen LogP contribution in [0.1, 0.15) is 49.3 Å². The number of amides is 2. The van der Waals surface area contributed by atoms with Crippen LogP contribution >= 0.6 is 0 Å². The summed E-state index contributed by atoms with van der Waals surface area (Å²) < 4.78 is 22.8. The second kappa shape index (κ2) is 14.2. The van der Waals surface area contributed by atoms with Crippen LogP contribution in [-0.2, 0) is 18.8 Å². The van der Waals surface area contributed by atoms with Crippen LogP contribution < -0.4 is 39.8 Å². The van der Waals surface area contributed by atoms with Crippen LogP contribution in [-0.4, -0.2) is 67.2 Å². The summed E-state index contributed by atoms with van der Waals surface area (Å²) in [4.78, 5) is 35.6. The second-order valence-corrected chi connectivity index (χ2v) is 13.6. The van der Waals surface area contributed by atoms with E-state index in [1.165, 1.54) is 56.7 Å². The minimum Gasteiger partial charge on any atom is -0.493 e. The van der Waals surface area contributed by atoms with Crippen molar-refractivity contribution in [3.8, 4) is 23.0 Å². The summed E-state index contributed by atoms with van der Waals surface area (Å²) in [6, 6.07) is 24.9. The van der Waals surface area contributed by atoms with E-state index in [2.05, 4.69) is 10.3 Å². The maximum absolute atomic E-state index is 13.8. The van der Waals surface area contributed by atoms with Gasteiger partial charge in [-0.3, -0.25) is 19.5 Å². The summed E-state index contributed by atoms with van der Waals surface area (Å²) in [6.07, 6.45) is 1.33. The molecular weight excluding hydrogens is 718 g/mol. The number of aliphatic hydroxyl groups is 3. The van der Waals surface area contributed by atoms with Gasteiger partial charge in [0.25, 0.3) is 11.8 Å². The molecule has 0 aromatic heterocycles. The van der Waals surface area contributed by atoms with Crippen LogP contribution in [0.4, 0.5) is 28.4 Å². The number of anilines is 4. The molecule has 0 bridgehead atoms. The summed E-state index contributed by atoms with van der Waals surface area (Å²) in [5.74, 6) is -3.36. The molecule has 2 unspecified atom stereocenters. The van der Waals surface area contributed by atoms with Crippen LogP contribution in [0.25, 0.3) is 0 Å². The molecule has 286 valence electrons. The lowest BCUT2D eigenvalue weighted by atomic mass is 10.1. The van der Waals surface area contributed by atoms with Gasteiger partial charge in [0.15, 0.2) is 23.0 Å². The van der Waals surface area contributed by atoms with Crippen LogP contribution in [0.15, 0.2) is 96.0 Å². The van der Waals surface area contributed by atoms with Crippen molar-refractivity contribution in [3.63, 3.8) is 0 Å². The lowest BCUT2D eigenvalue weighted by Crippen LogP contribution is -2.37. The average Bonchev–Trinajstić information content (AvgIpc) is 3.77. The fourth-order valence-corrected chi connectivity index (χ4v) is 7.45. The number of fused-ring (bicyclic) bond motifs is 5. The number of nitrogen functional groups attached to an aromatic ring is 1. The predicted octanol–water partition coefficient (Wildman–Crippen LogP) is 5.06. The summed E-state index contributed by atoms with van der Waals surface area (Å²) in [5, 5.41) is 37.0. The first kappa shape index (κ1) is 36.4. The molecule has 0 saturated carbocycles. The van der Waals surface area contributed by atoms with Crippen molar-refractivity contribution in [1.29, 1.82) is 0 Å². The number of nitrogens with zero attached hydrogens (tertiary/aromatic N) is 3. The van der Waals surface area contributed by atoms with Crippen molar-refractivity contribution in [2.24, 2.45) is 4.99 Å². The highest BCUT2D eigenvalue weighted by Crippen LogP contribution is 2.43. The Labute approximate surface area is 321 Å². The number of benzene rings is 5. The number of carbonyl (C=O) groups excluding carboxylic acids is 2. The molecule has 14 nitrogen and oxygen atoms in total. The summed E-state index contributed by atoms with van der Waals surface area (Å²) in [7, 11) is 4.43. The molecular formula is C42H39N5O9. The van der Waals surface area contributed by atoms with Crippen LogP contribution in [0.5, 0.6) is 23.0 Å². The third-order valence-electron chi connectivity index (χ3n) is 10.2. The van der Waals surface area contributed by atoms with E-state index < -0.39 is 12.3 Å². The van der Waals surface area contributed by atoms with E-state index in [9.17, 15) is 24.9 Å². The van der Waals surface area contributed by atoms with Crippen LogP contribution in [0, 0.1) is 0 Å². The normalized spacial score (nSPS) is 16.0. The number of carbonyl (C=O) groups is 2. The Morgan fingerprint density at radius 2 is 1.62 bits per heavy atom. The first-order valence-corrected chi connectivity index (χ1v) is 17.9. The number of methoxy groups -OCH3 is 2. The van der Waals surface area contributed by atoms with Gasteiger partial charge < -0.3 is 50.2 Å². The monoisotopic (exact) mass is 757 g/mol. The highest BCUT2D eigenvalue weighted by atomic mass is 16.8. The quantitative estimate of drug-likeness (QED) is 0.0946. The summed E-state index contributed by atoms with van der Waals surface area (Å²) >= 11 is 0. The third-order valence-corrected chi connectivity index (χ3v) is 10.2. The zero-order valence-corrected chi connectivity index (χ0v) is 30.7. The molecule has 14 heteroatoms. The van der Waals surface area contributed by atoms with Gasteiger partial charge in [0.05, 0.1) is 48.3 Å². The van der Waals surface area contributed by atoms with Gasteiger partial charge in [-0.2, -0.15) is 0 Å². The number of hydrogen-bond acceptors (Lipinski definition) is 12. The van der Waals surface area contributed by atoms with Crippen molar-refractivity contribution in [1.82, 2.24) is 0 Å². The average molecular weight is 758 g/mol. The van der Waals surface area contributed by atoms with E-state index >= 15 is 0 Å². The number of nitrogens with one attached hydrogen (secondary N) is 1. The standard InChI is InChI=1S/C42H39N5O9/c1-44-31-20-37(35(53-2)18-29(31)39(48)46-13-12-23-8-4-6-10-33(23)46)55-41(50)25-14-26(17-27(43)15-25)42(51,52)56-38-21-32-30(19-36(38)54-3)40(49)47-28(22-45-32)16-24-9-5-7-11-34(24)47/h4-11,14-15,17-22,28,41,44,50-52H,12-13,16,43H2,1-3H3. The van der Waals surface area contributed by atoms with Gasteiger partial charge in [-0.25, -0.2) is 0 Å². The molecule has 56 heavy (non-hydrogen) atoms. The van der Waals surface area contributed by atoms with E-state index in [4.69, 9.17) is 24.7 Å². The van der Waals surface area contributed by atoms with E-state index in [0.717, 1.165) is 28.9 Å². The zero-order chi connectivity index (χ0) is 39.3. The fraction of sp³-hybridized carbons (Fsp3) is 0.214. The van der Waals surface area contributed by atoms with Crippen molar-refractivity contribution >= 4 is 46.5 Å². The number of ether oxygens (including phenoxy) is 4.